The Labute approximate surface area is 149 Å². The van der Waals surface area contributed by atoms with Crippen LogP contribution in [0.4, 0.5) is 15.0 Å². The maximum absolute atomic E-state index is 13.7. The summed E-state index contributed by atoms with van der Waals surface area (Å²) in [5, 5.41) is 3.38. The lowest BCUT2D eigenvalue weighted by Gasteiger charge is -2.36. The molecule has 1 amide bonds. The summed E-state index contributed by atoms with van der Waals surface area (Å²) in [5.74, 6) is 0.163. The molecular weight excluding hydrogens is 412 g/mol. The van der Waals surface area contributed by atoms with E-state index in [0.29, 0.717) is 22.5 Å². The van der Waals surface area contributed by atoms with E-state index in [1.165, 1.54) is 0 Å². The highest BCUT2D eigenvalue weighted by atomic mass is 127. The number of aromatic nitrogens is 1. The average Bonchev–Trinajstić information content (AvgIpc) is 2.83. The fraction of sp³-hybridized carbons (Fsp3) is 0.625. The van der Waals surface area contributed by atoms with E-state index >= 15 is 0 Å². The third-order valence-corrected chi connectivity index (χ3v) is 5.03. The number of fused-ring (bicyclic) bond motifs is 1. The first-order valence-corrected chi connectivity index (χ1v) is 8.86. The van der Waals surface area contributed by atoms with E-state index in [4.69, 9.17) is 4.74 Å². The van der Waals surface area contributed by atoms with Crippen LogP contribution in [0.5, 0.6) is 0 Å². The van der Waals surface area contributed by atoms with E-state index in [9.17, 15) is 9.18 Å². The zero-order chi connectivity index (χ0) is 16.8. The number of rotatable bonds is 0. The first kappa shape index (κ1) is 16.7. The van der Waals surface area contributed by atoms with Crippen molar-refractivity contribution in [3.8, 4) is 0 Å². The van der Waals surface area contributed by atoms with Crippen molar-refractivity contribution in [3.05, 3.63) is 21.1 Å². The molecule has 0 aromatic carbocycles. The minimum Gasteiger partial charge on any atom is -0.444 e. The van der Waals surface area contributed by atoms with Gasteiger partial charge in [0.1, 0.15) is 11.4 Å². The number of nitrogens with zero attached hydrogens (tertiary/aromatic N) is 2. The summed E-state index contributed by atoms with van der Waals surface area (Å²) in [5.41, 5.74) is 0.314. The fourth-order valence-corrected chi connectivity index (χ4v) is 3.65. The second kappa shape index (κ2) is 5.75. The van der Waals surface area contributed by atoms with Gasteiger partial charge in [0.05, 0.1) is 9.11 Å². The summed E-state index contributed by atoms with van der Waals surface area (Å²) in [7, 11) is 0. The Bertz CT molecular complexity index is 647. The van der Waals surface area contributed by atoms with Crippen LogP contribution in [0.3, 0.4) is 0 Å². The number of aryl methyl sites for hydroxylation is 1. The molecule has 23 heavy (non-hydrogen) atoms. The number of pyridine rings is 1. The highest BCUT2D eigenvalue weighted by Crippen LogP contribution is 2.37. The molecule has 0 radical (unpaired) electrons. The number of likely N-dealkylation sites (tertiary alicyclic amines) is 1. The number of carbonyl (C=O) groups is 1. The molecule has 0 saturated carbocycles. The summed E-state index contributed by atoms with van der Waals surface area (Å²) in [6, 6.07) is 1.85. The molecule has 7 heteroatoms. The van der Waals surface area contributed by atoms with Gasteiger partial charge in [0.15, 0.2) is 0 Å². The van der Waals surface area contributed by atoms with Crippen molar-refractivity contribution in [2.75, 3.05) is 18.4 Å². The van der Waals surface area contributed by atoms with E-state index in [-0.39, 0.29) is 11.6 Å². The van der Waals surface area contributed by atoms with Crippen molar-refractivity contribution in [1.29, 1.82) is 0 Å². The molecule has 126 valence electrons. The molecule has 0 bridgehead atoms. The zero-order valence-electron chi connectivity index (χ0n) is 13.6. The van der Waals surface area contributed by atoms with Crippen LogP contribution in [0.1, 0.15) is 39.2 Å². The monoisotopic (exact) mass is 433 g/mol. The standard InChI is InChI=1S/C16H21FIN3O2/c1-15(2,3)23-14(22)21-7-6-16(9-21)5-4-10-8-11(18)12(17)19-13(10)20-16/h8H,4-7,9H2,1-3H3,(H,19,20). The summed E-state index contributed by atoms with van der Waals surface area (Å²) in [6.07, 6.45) is 2.28. The Balaban J connectivity index is 1.73. The summed E-state index contributed by atoms with van der Waals surface area (Å²) >= 11 is 1.96. The minimum absolute atomic E-state index is 0.226. The second-order valence-electron chi connectivity index (χ2n) is 7.33. The molecule has 1 atom stereocenters. The summed E-state index contributed by atoms with van der Waals surface area (Å²) < 4.78 is 19.7. The van der Waals surface area contributed by atoms with Gasteiger partial charge >= 0.3 is 6.09 Å². The van der Waals surface area contributed by atoms with Crippen molar-refractivity contribution in [3.63, 3.8) is 0 Å². The smallest absolute Gasteiger partial charge is 0.410 e. The molecule has 1 N–H and O–H groups in total. The summed E-state index contributed by atoms with van der Waals surface area (Å²) in [4.78, 5) is 18.0. The molecule has 1 saturated heterocycles. The maximum Gasteiger partial charge on any atom is 0.410 e. The number of anilines is 1. The van der Waals surface area contributed by atoms with Crippen molar-refractivity contribution in [1.82, 2.24) is 9.88 Å². The SMILES string of the molecule is CC(C)(C)OC(=O)N1CCC2(CCc3cc(I)c(F)nc3N2)C1. The maximum atomic E-state index is 13.7. The van der Waals surface area contributed by atoms with Gasteiger partial charge in [-0.3, -0.25) is 0 Å². The van der Waals surface area contributed by atoms with Gasteiger partial charge < -0.3 is 15.0 Å². The number of halogens is 2. The van der Waals surface area contributed by atoms with Crippen molar-refractivity contribution < 1.29 is 13.9 Å². The van der Waals surface area contributed by atoms with Gasteiger partial charge in [0, 0.05) is 13.1 Å². The number of ether oxygens (including phenoxy) is 1. The summed E-state index contributed by atoms with van der Waals surface area (Å²) in [6.45, 7) is 6.79. The number of amides is 1. The van der Waals surface area contributed by atoms with E-state index in [2.05, 4.69) is 10.3 Å². The van der Waals surface area contributed by atoms with Gasteiger partial charge in [-0.1, -0.05) is 0 Å². The number of hydrogen-bond acceptors (Lipinski definition) is 4. The predicted octanol–water partition coefficient (Wildman–Crippen LogP) is 3.56. The highest BCUT2D eigenvalue weighted by molar-refractivity contribution is 14.1. The van der Waals surface area contributed by atoms with Crippen LogP contribution in [0.2, 0.25) is 0 Å². The first-order valence-electron chi connectivity index (χ1n) is 7.79. The Kier molecular flexibility index (Phi) is 4.18. The molecule has 3 heterocycles. The van der Waals surface area contributed by atoms with Crippen LogP contribution in [0.15, 0.2) is 6.07 Å². The van der Waals surface area contributed by atoms with Crippen LogP contribution >= 0.6 is 22.6 Å². The third kappa shape index (κ3) is 3.54. The number of nitrogens with one attached hydrogen (secondary N) is 1. The Morgan fingerprint density at radius 3 is 2.91 bits per heavy atom. The van der Waals surface area contributed by atoms with Gasteiger partial charge in [0.2, 0.25) is 5.95 Å². The first-order chi connectivity index (χ1) is 10.7. The molecule has 1 aromatic rings. The number of carbonyl (C=O) groups excluding carboxylic acids is 1. The molecule has 2 aliphatic heterocycles. The molecule has 2 aliphatic rings. The molecule has 1 unspecified atom stereocenters. The molecule has 5 nitrogen and oxygen atoms in total. The van der Waals surface area contributed by atoms with Gasteiger partial charge in [-0.05, 0) is 74.3 Å². The fourth-order valence-electron chi connectivity index (χ4n) is 3.15. The van der Waals surface area contributed by atoms with Gasteiger partial charge in [0.25, 0.3) is 0 Å². The van der Waals surface area contributed by atoms with E-state index in [1.807, 2.05) is 49.4 Å². The van der Waals surface area contributed by atoms with Crippen molar-refractivity contribution in [2.45, 2.75) is 51.2 Å². The highest BCUT2D eigenvalue weighted by Gasteiger charge is 2.43. The molecule has 1 fully saturated rings. The quantitative estimate of drug-likeness (QED) is 0.502. The Morgan fingerprint density at radius 1 is 1.48 bits per heavy atom. The lowest BCUT2D eigenvalue weighted by molar-refractivity contribution is 0.0285. The van der Waals surface area contributed by atoms with Crippen LogP contribution in [-0.4, -0.2) is 40.2 Å². The molecule has 0 aliphatic carbocycles. The lowest BCUT2D eigenvalue weighted by atomic mass is 9.87. The lowest BCUT2D eigenvalue weighted by Crippen LogP contribution is -2.46. The second-order valence-corrected chi connectivity index (χ2v) is 8.49. The van der Waals surface area contributed by atoms with E-state index in [1.54, 1.807) is 4.90 Å². The van der Waals surface area contributed by atoms with Crippen molar-refractivity contribution in [2.24, 2.45) is 0 Å². The minimum atomic E-state index is -0.499. The Morgan fingerprint density at radius 2 is 2.22 bits per heavy atom. The zero-order valence-corrected chi connectivity index (χ0v) is 15.7. The van der Waals surface area contributed by atoms with Crippen LogP contribution in [0.25, 0.3) is 0 Å². The molecule has 3 rings (SSSR count). The Hall–Kier alpha value is -1.12. The third-order valence-electron chi connectivity index (χ3n) is 4.27. The molecular formula is C16H21FIN3O2. The number of hydrogen-bond donors (Lipinski definition) is 1. The largest absolute Gasteiger partial charge is 0.444 e. The normalized spacial score (nSPS) is 23.6. The van der Waals surface area contributed by atoms with Crippen molar-refractivity contribution >= 4 is 34.5 Å². The van der Waals surface area contributed by atoms with E-state index in [0.717, 1.165) is 24.8 Å². The van der Waals surface area contributed by atoms with E-state index < -0.39 is 11.5 Å². The van der Waals surface area contributed by atoms with Gasteiger partial charge in [-0.2, -0.15) is 4.39 Å². The van der Waals surface area contributed by atoms with Gasteiger partial charge in [-0.15, -0.1) is 0 Å². The van der Waals surface area contributed by atoms with Gasteiger partial charge in [-0.25, -0.2) is 9.78 Å². The van der Waals surface area contributed by atoms with Crippen LogP contribution in [0, 0.1) is 9.52 Å². The average molecular weight is 433 g/mol. The van der Waals surface area contributed by atoms with Crippen LogP contribution in [-0.2, 0) is 11.2 Å². The molecule has 1 aromatic heterocycles. The predicted molar refractivity (Wildman–Crippen MR) is 94.0 cm³/mol. The van der Waals surface area contributed by atoms with Crippen LogP contribution < -0.4 is 5.32 Å². The molecule has 1 spiro atoms. The topological polar surface area (TPSA) is 54.5 Å².